The Labute approximate surface area is 175 Å². The molecule has 3 atom stereocenters. The highest BCUT2D eigenvalue weighted by atomic mass is 32.1. The number of thiazole rings is 1. The van der Waals surface area contributed by atoms with E-state index in [1.54, 1.807) is 12.1 Å². The first-order chi connectivity index (χ1) is 14.0. The molecule has 2 aliphatic heterocycles. The fourth-order valence-electron chi connectivity index (χ4n) is 4.40. The normalized spacial score (nSPS) is 24.4. The number of halogens is 1. The molecule has 4 rings (SSSR count). The van der Waals surface area contributed by atoms with Gasteiger partial charge in [0, 0.05) is 25.2 Å². The Hall–Kier alpha value is -1.83. The summed E-state index contributed by atoms with van der Waals surface area (Å²) in [5.74, 6) is -0.289. The zero-order valence-electron chi connectivity index (χ0n) is 17.1. The van der Waals surface area contributed by atoms with E-state index in [1.165, 1.54) is 29.9 Å². The Balaban J connectivity index is 1.46. The quantitative estimate of drug-likeness (QED) is 0.749. The Morgan fingerprint density at radius 3 is 2.83 bits per heavy atom. The average molecular weight is 417 g/mol. The summed E-state index contributed by atoms with van der Waals surface area (Å²) in [6, 6.07) is 7.09. The summed E-state index contributed by atoms with van der Waals surface area (Å²) < 4.78 is 13.3. The number of nitrogens with one attached hydrogen (secondary N) is 2. The zero-order valence-corrected chi connectivity index (χ0v) is 17.9. The molecule has 0 saturated carbocycles. The third-order valence-electron chi connectivity index (χ3n) is 6.01. The van der Waals surface area contributed by atoms with E-state index in [4.69, 9.17) is 0 Å². The highest BCUT2D eigenvalue weighted by Gasteiger charge is 2.33. The van der Waals surface area contributed by atoms with Gasteiger partial charge < -0.3 is 4.90 Å². The molecular weight excluding hydrogens is 387 g/mol. The number of aryl methyl sites for hydroxylation is 1. The van der Waals surface area contributed by atoms with Gasteiger partial charge in [0.25, 0.3) is 5.91 Å². The van der Waals surface area contributed by atoms with Crippen LogP contribution in [-0.4, -0.2) is 47.1 Å². The molecule has 3 heterocycles. The predicted molar refractivity (Wildman–Crippen MR) is 115 cm³/mol. The van der Waals surface area contributed by atoms with Gasteiger partial charge in [0.15, 0.2) is 0 Å². The minimum atomic E-state index is -0.278. The molecule has 29 heavy (non-hydrogen) atoms. The second-order valence-corrected chi connectivity index (χ2v) is 9.23. The van der Waals surface area contributed by atoms with Crippen LogP contribution in [0.25, 0.3) is 10.4 Å². The summed E-state index contributed by atoms with van der Waals surface area (Å²) in [4.78, 5) is 20.7. The molecule has 2 saturated heterocycles. The van der Waals surface area contributed by atoms with Crippen LogP contribution in [0.5, 0.6) is 0 Å². The first-order valence-corrected chi connectivity index (χ1v) is 11.4. The summed E-state index contributed by atoms with van der Waals surface area (Å²) in [5.41, 5.74) is 1.34. The molecule has 2 aliphatic rings. The second kappa shape index (κ2) is 8.90. The lowest BCUT2D eigenvalue weighted by atomic mass is 10.1. The van der Waals surface area contributed by atoms with E-state index in [2.05, 4.69) is 22.5 Å². The average Bonchev–Trinajstić information content (AvgIpc) is 3.45. The van der Waals surface area contributed by atoms with Gasteiger partial charge >= 0.3 is 0 Å². The third-order valence-corrected chi connectivity index (χ3v) is 7.03. The maximum absolute atomic E-state index is 13.4. The summed E-state index contributed by atoms with van der Waals surface area (Å²) >= 11 is 1.49. The van der Waals surface area contributed by atoms with Crippen LogP contribution in [0.2, 0.25) is 0 Å². The van der Waals surface area contributed by atoms with E-state index in [0.29, 0.717) is 17.9 Å². The predicted octanol–water partition coefficient (Wildman–Crippen LogP) is 3.94. The number of nitrogens with zero attached hydrogens (tertiary/aromatic N) is 2. The van der Waals surface area contributed by atoms with E-state index in [0.717, 1.165) is 54.2 Å². The molecule has 0 aliphatic carbocycles. The van der Waals surface area contributed by atoms with Crippen LogP contribution < -0.4 is 10.6 Å². The first kappa shape index (κ1) is 20.4. The van der Waals surface area contributed by atoms with Crippen LogP contribution in [0.4, 0.5) is 4.39 Å². The minimum absolute atomic E-state index is 0.0104. The maximum Gasteiger partial charge on any atom is 0.274 e. The molecule has 0 radical (unpaired) electrons. The van der Waals surface area contributed by atoms with Gasteiger partial charge in [-0.05, 0) is 56.7 Å². The van der Waals surface area contributed by atoms with Crippen molar-refractivity contribution in [2.75, 3.05) is 13.1 Å². The van der Waals surface area contributed by atoms with Crippen LogP contribution in [0.3, 0.4) is 0 Å². The topological polar surface area (TPSA) is 57.3 Å². The van der Waals surface area contributed by atoms with Gasteiger partial charge in [-0.15, -0.1) is 11.3 Å². The maximum atomic E-state index is 13.4. The van der Waals surface area contributed by atoms with Gasteiger partial charge in [-0.25, -0.2) is 9.37 Å². The van der Waals surface area contributed by atoms with Crippen molar-refractivity contribution >= 4 is 17.2 Å². The van der Waals surface area contributed by atoms with Gasteiger partial charge in [0.1, 0.15) is 11.5 Å². The van der Waals surface area contributed by atoms with Crippen molar-refractivity contribution in [2.24, 2.45) is 0 Å². The number of likely N-dealkylation sites (tertiary alicyclic amines) is 1. The van der Waals surface area contributed by atoms with Crippen molar-refractivity contribution in [1.29, 1.82) is 0 Å². The highest BCUT2D eigenvalue weighted by molar-refractivity contribution is 7.15. The Morgan fingerprint density at radius 1 is 1.31 bits per heavy atom. The molecule has 156 valence electrons. The molecule has 2 N–H and O–H groups in total. The van der Waals surface area contributed by atoms with Crippen LogP contribution in [0.15, 0.2) is 24.3 Å². The van der Waals surface area contributed by atoms with Gasteiger partial charge in [-0.3, -0.25) is 15.4 Å². The number of hydrogen-bond donors (Lipinski definition) is 2. The van der Waals surface area contributed by atoms with Crippen molar-refractivity contribution in [3.8, 4) is 10.4 Å². The lowest BCUT2D eigenvalue weighted by molar-refractivity contribution is 0.0728. The number of carbonyl (C=O) groups excluding carboxylic acids is 1. The van der Waals surface area contributed by atoms with Gasteiger partial charge in [0.2, 0.25) is 0 Å². The van der Waals surface area contributed by atoms with Crippen molar-refractivity contribution in [1.82, 2.24) is 20.5 Å². The largest absolute Gasteiger partial charge is 0.333 e. The van der Waals surface area contributed by atoms with Gasteiger partial charge in [-0.2, -0.15) is 0 Å². The fraction of sp³-hybridized carbons (Fsp3) is 0.545. The van der Waals surface area contributed by atoms with Crippen LogP contribution in [-0.2, 0) is 0 Å². The van der Waals surface area contributed by atoms with Gasteiger partial charge in [-0.1, -0.05) is 19.1 Å². The summed E-state index contributed by atoms with van der Waals surface area (Å²) in [5, 5.41) is 8.09. The van der Waals surface area contributed by atoms with Crippen molar-refractivity contribution in [3.05, 3.63) is 40.8 Å². The lowest BCUT2D eigenvalue weighted by Crippen LogP contribution is -2.48. The fourth-order valence-corrected chi connectivity index (χ4v) is 5.32. The highest BCUT2D eigenvalue weighted by Crippen LogP contribution is 2.32. The van der Waals surface area contributed by atoms with Crippen LogP contribution in [0, 0.1) is 12.7 Å². The smallest absolute Gasteiger partial charge is 0.274 e. The van der Waals surface area contributed by atoms with E-state index >= 15 is 0 Å². The third kappa shape index (κ3) is 4.52. The minimum Gasteiger partial charge on any atom is -0.333 e. The SMILES string of the molecule is CCC1CCC(NCC2CCCN2C(=O)c2nc(C)sc2-c2ccc(F)cc2)N1. The van der Waals surface area contributed by atoms with E-state index in [9.17, 15) is 9.18 Å². The number of amides is 1. The number of aromatic nitrogens is 1. The molecule has 2 fully saturated rings. The molecule has 1 aromatic carbocycles. The summed E-state index contributed by atoms with van der Waals surface area (Å²) in [7, 11) is 0. The molecule has 1 aromatic heterocycles. The molecule has 5 nitrogen and oxygen atoms in total. The molecule has 1 amide bonds. The number of benzene rings is 1. The van der Waals surface area contributed by atoms with Crippen LogP contribution >= 0.6 is 11.3 Å². The van der Waals surface area contributed by atoms with E-state index in [1.807, 2.05) is 11.8 Å². The van der Waals surface area contributed by atoms with E-state index in [-0.39, 0.29) is 17.8 Å². The lowest BCUT2D eigenvalue weighted by Gasteiger charge is -2.26. The van der Waals surface area contributed by atoms with Crippen LogP contribution in [0.1, 0.15) is 54.5 Å². The standard InChI is InChI=1S/C22H29FN4OS/c1-3-17-10-11-19(26-17)24-13-18-5-4-12-27(18)22(28)20-21(29-14(2)25-20)15-6-8-16(23)9-7-15/h6-9,17-19,24,26H,3-5,10-13H2,1-2H3. The summed E-state index contributed by atoms with van der Waals surface area (Å²) in [6.07, 6.45) is 5.87. The molecule has 0 bridgehead atoms. The molecule has 0 spiro atoms. The summed E-state index contributed by atoms with van der Waals surface area (Å²) in [6.45, 7) is 5.69. The van der Waals surface area contributed by atoms with Crippen molar-refractivity contribution in [3.63, 3.8) is 0 Å². The van der Waals surface area contributed by atoms with Gasteiger partial charge in [0.05, 0.1) is 16.1 Å². The monoisotopic (exact) mass is 416 g/mol. The first-order valence-electron chi connectivity index (χ1n) is 10.6. The molecule has 3 unspecified atom stereocenters. The number of carbonyl (C=O) groups is 1. The Morgan fingerprint density at radius 2 is 2.10 bits per heavy atom. The van der Waals surface area contributed by atoms with Crippen molar-refractivity contribution in [2.45, 2.75) is 64.2 Å². The molecule has 7 heteroatoms. The molecular formula is C22H29FN4OS. The zero-order chi connectivity index (χ0) is 20.4. The second-order valence-electron chi connectivity index (χ2n) is 8.02. The van der Waals surface area contributed by atoms with Crippen molar-refractivity contribution < 1.29 is 9.18 Å². The molecule has 2 aromatic rings. The number of hydrogen-bond acceptors (Lipinski definition) is 5. The number of rotatable bonds is 6. The Bertz CT molecular complexity index is 853. The van der Waals surface area contributed by atoms with E-state index < -0.39 is 0 Å². The Kier molecular flexibility index (Phi) is 6.27.